The molecule has 1 saturated heterocycles. The lowest BCUT2D eigenvalue weighted by molar-refractivity contribution is -0.0154. The Morgan fingerprint density at radius 1 is 1.04 bits per heavy atom. The molecule has 1 N–H and O–H groups in total. The Labute approximate surface area is 147 Å². The minimum absolute atomic E-state index is 0.0466. The van der Waals surface area contributed by atoms with Gasteiger partial charge < -0.3 is 14.6 Å². The fourth-order valence-electron chi connectivity index (χ4n) is 4.04. The fourth-order valence-corrected chi connectivity index (χ4v) is 4.04. The molecule has 1 aliphatic heterocycles. The molecule has 0 unspecified atom stereocenters. The quantitative estimate of drug-likeness (QED) is 0.922. The van der Waals surface area contributed by atoms with Gasteiger partial charge in [0, 0.05) is 29.8 Å². The van der Waals surface area contributed by atoms with Gasteiger partial charge in [0.15, 0.2) is 5.76 Å². The lowest BCUT2D eigenvalue weighted by Crippen LogP contribution is -2.59. The Kier molecular flexibility index (Phi) is 4.07. The lowest BCUT2D eigenvalue weighted by Gasteiger charge is -2.52. The first-order valence-electron chi connectivity index (χ1n) is 8.90. The zero-order chi connectivity index (χ0) is 17.3. The van der Waals surface area contributed by atoms with Gasteiger partial charge in [-0.1, -0.05) is 25.3 Å². The summed E-state index contributed by atoms with van der Waals surface area (Å²) in [6, 6.07) is 10.4. The van der Waals surface area contributed by atoms with Crippen molar-refractivity contribution in [3.8, 4) is 0 Å². The molecule has 1 saturated carbocycles. The topological polar surface area (TPSA) is 62.6 Å². The van der Waals surface area contributed by atoms with Gasteiger partial charge in [0.1, 0.15) is 0 Å². The van der Waals surface area contributed by atoms with Gasteiger partial charge >= 0.3 is 0 Å². The van der Waals surface area contributed by atoms with Crippen LogP contribution in [-0.4, -0.2) is 29.8 Å². The highest BCUT2D eigenvalue weighted by atomic mass is 16.3. The normalized spacial score (nSPS) is 18.6. The Morgan fingerprint density at radius 2 is 1.84 bits per heavy atom. The highest BCUT2D eigenvalue weighted by Gasteiger charge is 2.45. The van der Waals surface area contributed by atoms with Gasteiger partial charge in [-0.2, -0.15) is 0 Å². The van der Waals surface area contributed by atoms with Gasteiger partial charge in [-0.25, -0.2) is 0 Å². The van der Waals surface area contributed by atoms with Gasteiger partial charge in [0.05, 0.1) is 6.26 Å². The molecule has 0 radical (unpaired) electrons. The average molecular weight is 338 g/mol. The molecule has 2 fully saturated rings. The van der Waals surface area contributed by atoms with Gasteiger partial charge in [-0.3, -0.25) is 9.59 Å². The van der Waals surface area contributed by atoms with Crippen molar-refractivity contribution in [2.45, 2.75) is 32.1 Å². The van der Waals surface area contributed by atoms with Crippen molar-refractivity contribution in [2.75, 3.05) is 18.4 Å². The summed E-state index contributed by atoms with van der Waals surface area (Å²) >= 11 is 0. The van der Waals surface area contributed by atoms with Gasteiger partial charge in [-0.15, -0.1) is 0 Å². The number of nitrogens with one attached hydrogen (secondary N) is 1. The monoisotopic (exact) mass is 338 g/mol. The molecule has 0 atom stereocenters. The van der Waals surface area contributed by atoms with Crippen molar-refractivity contribution in [2.24, 2.45) is 5.41 Å². The molecule has 2 amide bonds. The summed E-state index contributed by atoms with van der Waals surface area (Å²) in [6.07, 6.45) is 7.85. The van der Waals surface area contributed by atoms with E-state index in [4.69, 9.17) is 4.42 Å². The summed E-state index contributed by atoms with van der Waals surface area (Å²) in [4.78, 5) is 26.7. The molecule has 25 heavy (non-hydrogen) atoms. The van der Waals surface area contributed by atoms with Crippen LogP contribution in [0.5, 0.6) is 0 Å². The number of furan rings is 1. The van der Waals surface area contributed by atoms with E-state index in [9.17, 15) is 9.59 Å². The predicted molar refractivity (Wildman–Crippen MR) is 94.5 cm³/mol. The zero-order valence-electron chi connectivity index (χ0n) is 14.2. The summed E-state index contributed by atoms with van der Waals surface area (Å²) in [6.45, 7) is 1.74. The Balaban J connectivity index is 1.41. The Bertz CT molecular complexity index is 768. The van der Waals surface area contributed by atoms with Crippen LogP contribution in [0.2, 0.25) is 0 Å². The van der Waals surface area contributed by atoms with E-state index in [-0.39, 0.29) is 17.6 Å². The molecule has 130 valence electrons. The number of amides is 2. The zero-order valence-corrected chi connectivity index (χ0v) is 14.2. The van der Waals surface area contributed by atoms with E-state index >= 15 is 0 Å². The third kappa shape index (κ3) is 3.18. The average Bonchev–Trinajstić information content (AvgIpc) is 3.15. The summed E-state index contributed by atoms with van der Waals surface area (Å²) in [5.74, 6) is -0.0243. The van der Waals surface area contributed by atoms with E-state index in [2.05, 4.69) is 5.32 Å². The second kappa shape index (κ2) is 6.39. The third-order valence-corrected chi connectivity index (χ3v) is 5.37. The van der Waals surface area contributed by atoms with Crippen LogP contribution >= 0.6 is 0 Å². The minimum atomic E-state index is -0.320. The lowest BCUT2D eigenvalue weighted by atomic mass is 9.68. The third-order valence-electron chi connectivity index (χ3n) is 5.37. The van der Waals surface area contributed by atoms with Gasteiger partial charge in [0.2, 0.25) is 0 Å². The molecule has 1 aliphatic carbocycles. The van der Waals surface area contributed by atoms with E-state index in [0.29, 0.717) is 16.7 Å². The van der Waals surface area contributed by atoms with Crippen LogP contribution < -0.4 is 5.32 Å². The van der Waals surface area contributed by atoms with Gasteiger partial charge in [-0.05, 0) is 43.2 Å². The number of hydrogen-bond acceptors (Lipinski definition) is 3. The van der Waals surface area contributed by atoms with Crippen LogP contribution in [0.25, 0.3) is 0 Å². The first kappa shape index (κ1) is 15.9. The van der Waals surface area contributed by atoms with Crippen molar-refractivity contribution in [1.29, 1.82) is 0 Å². The first-order chi connectivity index (χ1) is 12.2. The van der Waals surface area contributed by atoms with Crippen molar-refractivity contribution in [3.05, 3.63) is 54.0 Å². The molecule has 5 heteroatoms. The molecule has 2 aliphatic rings. The molecule has 1 aromatic carbocycles. The van der Waals surface area contributed by atoms with Crippen LogP contribution in [0.15, 0.2) is 47.1 Å². The van der Waals surface area contributed by atoms with E-state index in [1.54, 1.807) is 36.4 Å². The smallest absolute Gasteiger partial charge is 0.291 e. The van der Waals surface area contributed by atoms with Crippen LogP contribution in [-0.2, 0) is 0 Å². The molecule has 1 spiro atoms. The number of carbonyl (C=O) groups is 2. The van der Waals surface area contributed by atoms with E-state index in [1.165, 1.54) is 38.4 Å². The highest BCUT2D eigenvalue weighted by Crippen LogP contribution is 2.44. The number of benzene rings is 1. The number of hydrogen-bond donors (Lipinski definition) is 1. The van der Waals surface area contributed by atoms with Crippen molar-refractivity contribution in [1.82, 2.24) is 4.90 Å². The summed E-state index contributed by atoms with van der Waals surface area (Å²) in [5, 5.41) is 2.77. The van der Waals surface area contributed by atoms with E-state index in [1.807, 2.05) is 4.90 Å². The predicted octanol–water partition coefficient (Wildman–Crippen LogP) is 3.94. The number of carbonyl (C=O) groups excluding carboxylic acids is 2. The maximum atomic E-state index is 12.7. The number of nitrogens with zero attached hydrogens (tertiary/aromatic N) is 1. The van der Waals surface area contributed by atoms with Crippen LogP contribution in [0.3, 0.4) is 0 Å². The first-order valence-corrected chi connectivity index (χ1v) is 8.90. The second-order valence-electron chi connectivity index (χ2n) is 7.23. The molecule has 5 nitrogen and oxygen atoms in total. The van der Waals surface area contributed by atoms with E-state index in [0.717, 1.165) is 13.1 Å². The number of rotatable bonds is 3. The maximum Gasteiger partial charge on any atom is 0.291 e. The largest absolute Gasteiger partial charge is 0.459 e. The summed E-state index contributed by atoms with van der Waals surface area (Å²) in [7, 11) is 0. The van der Waals surface area contributed by atoms with Crippen molar-refractivity contribution < 1.29 is 14.0 Å². The second-order valence-corrected chi connectivity index (χ2v) is 7.23. The molecular weight excluding hydrogens is 316 g/mol. The molecule has 4 rings (SSSR count). The van der Waals surface area contributed by atoms with Crippen LogP contribution in [0.4, 0.5) is 5.69 Å². The highest BCUT2D eigenvalue weighted by molar-refractivity contribution is 6.03. The van der Waals surface area contributed by atoms with Gasteiger partial charge in [0.25, 0.3) is 11.8 Å². The molecule has 0 bridgehead atoms. The summed E-state index contributed by atoms with van der Waals surface area (Å²) in [5.41, 5.74) is 1.59. The standard InChI is InChI=1S/C20H22N2O3/c23-18(17-8-5-11-25-17)21-16-7-4-6-15(12-16)19(24)22-13-20(14-22)9-2-1-3-10-20/h4-8,11-12H,1-3,9-10,13-14H2,(H,21,23). The van der Waals surface area contributed by atoms with Crippen molar-refractivity contribution >= 4 is 17.5 Å². The fraction of sp³-hybridized carbons (Fsp3) is 0.400. The number of anilines is 1. The van der Waals surface area contributed by atoms with Crippen molar-refractivity contribution in [3.63, 3.8) is 0 Å². The Morgan fingerprint density at radius 3 is 2.56 bits per heavy atom. The Hall–Kier alpha value is -2.56. The van der Waals surface area contributed by atoms with Crippen LogP contribution in [0, 0.1) is 5.41 Å². The summed E-state index contributed by atoms with van der Waals surface area (Å²) < 4.78 is 5.09. The molecule has 2 heterocycles. The van der Waals surface area contributed by atoms with Crippen LogP contribution in [0.1, 0.15) is 53.0 Å². The SMILES string of the molecule is O=C(Nc1cccc(C(=O)N2CC3(CCCCC3)C2)c1)c1ccco1. The minimum Gasteiger partial charge on any atom is -0.459 e. The maximum absolute atomic E-state index is 12.7. The molecular formula is C20H22N2O3. The molecule has 2 aromatic rings. The number of likely N-dealkylation sites (tertiary alicyclic amines) is 1. The van der Waals surface area contributed by atoms with E-state index < -0.39 is 0 Å². The molecule has 1 aromatic heterocycles.